The average molecular weight is 272 g/mol. The fourth-order valence-electron chi connectivity index (χ4n) is 1.36. The zero-order valence-electron chi connectivity index (χ0n) is 10.1. The monoisotopic (exact) mass is 272 g/mol. The van der Waals surface area contributed by atoms with E-state index in [9.17, 15) is 4.79 Å². The molecule has 17 heavy (non-hydrogen) atoms. The van der Waals surface area contributed by atoms with Crippen LogP contribution in [-0.2, 0) is 4.74 Å². The normalized spacial score (nSPS) is 9.82. The van der Waals surface area contributed by atoms with Crippen LogP contribution in [0.1, 0.15) is 23.5 Å². The molecule has 0 saturated carbocycles. The molecular weight excluding hydrogens is 256 g/mol. The molecule has 0 spiro atoms. The van der Waals surface area contributed by atoms with Gasteiger partial charge in [0.1, 0.15) is 4.88 Å². The molecule has 0 amide bonds. The Balaban J connectivity index is 2.78. The average Bonchev–Trinajstić information content (AvgIpc) is 2.77. The van der Waals surface area contributed by atoms with Crippen LogP contribution in [0.15, 0.2) is 11.4 Å². The highest BCUT2D eigenvalue weighted by Gasteiger charge is 2.15. The number of hydrogen-bond donors (Lipinski definition) is 1. The van der Waals surface area contributed by atoms with Gasteiger partial charge in [-0.25, -0.2) is 4.79 Å². The van der Waals surface area contributed by atoms with E-state index in [1.54, 1.807) is 0 Å². The van der Waals surface area contributed by atoms with Gasteiger partial charge in [0.25, 0.3) is 0 Å². The molecule has 4 nitrogen and oxygen atoms in total. The van der Waals surface area contributed by atoms with Crippen molar-refractivity contribution in [3.63, 3.8) is 0 Å². The lowest BCUT2D eigenvalue weighted by Gasteiger charge is -2.22. The van der Waals surface area contributed by atoms with Gasteiger partial charge >= 0.3 is 5.97 Å². The van der Waals surface area contributed by atoms with Crippen molar-refractivity contribution in [3.05, 3.63) is 16.3 Å². The van der Waals surface area contributed by atoms with Gasteiger partial charge in [0.05, 0.1) is 12.8 Å². The molecule has 0 radical (unpaired) electrons. The third-order valence-electron chi connectivity index (χ3n) is 2.33. The van der Waals surface area contributed by atoms with Crippen LogP contribution in [0.4, 0.5) is 5.69 Å². The Hall–Kier alpha value is -1.14. The van der Waals surface area contributed by atoms with Gasteiger partial charge in [-0.3, -0.25) is 0 Å². The fourth-order valence-corrected chi connectivity index (χ4v) is 2.50. The molecule has 0 aliphatic heterocycles. The van der Waals surface area contributed by atoms with Crippen molar-refractivity contribution in [2.75, 3.05) is 25.5 Å². The first kappa shape index (κ1) is 13.9. The van der Waals surface area contributed by atoms with Crippen molar-refractivity contribution >= 4 is 40.3 Å². The summed E-state index contributed by atoms with van der Waals surface area (Å²) < 4.78 is 4.70. The number of nitrogens with one attached hydrogen (secondary N) is 1. The molecular formula is C11H16N2O2S2. The summed E-state index contributed by atoms with van der Waals surface area (Å²) in [6, 6.07) is 1.83. The van der Waals surface area contributed by atoms with Crippen molar-refractivity contribution in [1.29, 1.82) is 0 Å². The Labute approximate surface area is 111 Å². The summed E-state index contributed by atoms with van der Waals surface area (Å²) in [5, 5.41) is 5.53. The maximum Gasteiger partial charge on any atom is 0.350 e. The maximum atomic E-state index is 11.5. The Morgan fingerprint density at radius 2 is 2.18 bits per heavy atom. The molecule has 0 bridgehead atoms. The molecule has 0 saturated heterocycles. The highest BCUT2D eigenvalue weighted by molar-refractivity contribution is 7.80. The lowest BCUT2D eigenvalue weighted by atomic mass is 10.4. The van der Waals surface area contributed by atoms with E-state index >= 15 is 0 Å². The summed E-state index contributed by atoms with van der Waals surface area (Å²) in [7, 11) is 1.37. The lowest BCUT2D eigenvalue weighted by Crippen LogP contribution is -2.34. The summed E-state index contributed by atoms with van der Waals surface area (Å²) in [5.41, 5.74) is 0.707. The number of anilines is 1. The first-order chi connectivity index (χ1) is 8.13. The van der Waals surface area contributed by atoms with E-state index in [1.807, 2.05) is 30.2 Å². The van der Waals surface area contributed by atoms with Crippen LogP contribution in [0.25, 0.3) is 0 Å². The highest BCUT2D eigenvalue weighted by Crippen LogP contribution is 2.23. The second-order valence-electron chi connectivity index (χ2n) is 3.26. The predicted octanol–water partition coefficient (Wildman–Crippen LogP) is 2.57. The van der Waals surface area contributed by atoms with E-state index in [4.69, 9.17) is 17.0 Å². The molecule has 1 aromatic rings. The Bertz CT molecular complexity index is 400. The second-order valence-corrected chi connectivity index (χ2v) is 4.56. The maximum absolute atomic E-state index is 11.5. The quantitative estimate of drug-likeness (QED) is 0.674. The van der Waals surface area contributed by atoms with Crippen LogP contribution in [-0.4, -0.2) is 36.2 Å². The highest BCUT2D eigenvalue weighted by atomic mass is 32.1. The summed E-state index contributed by atoms with van der Waals surface area (Å²) in [4.78, 5) is 14.0. The van der Waals surface area contributed by atoms with Crippen molar-refractivity contribution in [1.82, 2.24) is 4.90 Å². The van der Waals surface area contributed by atoms with Gasteiger partial charge in [-0.2, -0.15) is 0 Å². The van der Waals surface area contributed by atoms with Crippen LogP contribution < -0.4 is 5.32 Å². The number of carbonyl (C=O) groups excluding carboxylic acids is 1. The summed E-state index contributed by atoms with van der Waals surface area (Å²) in [6.45, 7) is 5.73. The Morgan fingerprint density at radius 3 is 2.71 bits per heavy atom. The topological polar surface area (TPSA) is 41.6 Å². The van der Waals surface area contributed by atoms with Gasteiger partial charge in [-0.15, -0.1) is 11.3 Å². The minimum absolute atomic E-state index is 0.343. The van der Waals surface area contributed by atoms with E-state index < -0.39 is 0 Å². The molecule has 1 rings (SSSR count). The largest absolute Gasteiger partial charge is 0.465 e. The van der Waals surface area contributed by atoms with E-state index in [1.165, 1.54) is 18.4 Å². The molecule has 1 heterocycles. The molecule has 0 aromatic carbocycles. The number of hydrogen-bond acceptors (Lipinski definition) is 4. The molecule has 1 aromatic heterocycles. The van der Waals surface area contributed by atoms with Crippen LogP contribution in [0.2, 0.25) is 0 Å². The molecule has 0 fully saturated rings. The SMILES string of the molecule is CCN(CC)C(=S)Nc1ccsc1C(=O)OC. The number of thiophene rings is 1. The molecule has 0 aliphatic carbocycles. The third-order valence-corrected chi connectivity index (χ3v) is 3.58. The van der Waals surface area contributed by atoms with E-state index in [-0.39, 0.29) is 5.97 Å². The summed E-state index contributed by atoms with van der Waals surface area (Å²) in [6.07, 6.45) is 0. The Kier molecular flexibility index (Phi) is 5.37. The minimum Gasteiger partial charge on any atom is -0.465 e. The Morgan fingerprint density at radius 1 is 1.53 bits per heavy atom. The van der Waals surface area contributed by atoms with Crippen LogP contribution in [0.5, 0.6) is 0 Å². The van der Waals surface area contributed by atoms with Gasteiger partial charge in [-0.05, 0) is 37.5 Å². The van der Waals surface area contributed by atoms with E-state index in [0.29, 0.717) is 15.7 Å². The first-order valence-corrected chi connectivity index (χ1v) is 6.64. The zero-order valence-corrected chi connectivity index (χ0v) is 11.8. The molecule has 0 aliphatic rings. The van der Waals surface area contributed by atoms with Gasteiger partial charge in [0, 0.05) is 13.1 Å². The smallest absolute Gasteiger partial charge is 0.350 e. The van der Waals surface area contributed by atoms with E-state index in [0.717, 1.165) is 13.1 Å². The molecule has 6 heteroatoms. The number of nitrogens with zero attached hydrogens (tertiary/aromatic N) is 1. The fraction of sp³-hybridized carbons (Fsp3) is 0.455. The second kappa shape index (κ2) is 6.56. The van der Waals surface area contributed by atoms with Crippen molar-refractivity contribution in [3.8, 4) is 0 Å². The number of ether oxygens (including phenoxy) is 1. The summed E-state index contributed by atoms with van der Waals surface area (Å²) >= 11 is 6.61. The number of esters is 1. The van der Waals surface area contributed by atoms with Crippen molar-refractivity contribution in [2.45, 2.75) is 13.8 Å². The van der Waals surface area contributed by atoms with Gasteiger partial charge < -0.3 is 15.0 Å². The lowest BCUT2D eigenvalue weighted by molar-refractivity contribution is 0.0607. The van der Waals surface area contributed by atoms with Crippen LogP contribution in [0.3, 0.4) is 0 Å². The third kappa shape index (κ3) is 3.41. The number of thiocarbonyl (C=S) groups is 1. The molecule has 0 unspecified atom stereocenters. The minimum atomic E-state index is -0.343. The van der Waals surface area contributed by atoms with E-state index in [2.05, 4.69) is 5.32 Å². The zero-order chi connectivity index (χ0) is 12.8. The van der Waals surface area contributed by atoms with Crippen molar-refractivity contribution in [2.24, 2.45) is 0 Å². The van der Waals surface area contributed by atoms with Gasteiger partial charge in [-0.1, -0.05) is 0 Å². The molecule has 1 N–H and O–H groups in total. The number of carbonyl (C=O) groups is 1. The van der Waals surface area contributed by atoms with Crippen LogP contribution >= 0.6 is 23.6 Å². The number of rotatable bonds is 4. The van der Waals surface area contributed by atoms with Gasteiger partial charge in [0.15, 0.2) is 5.11 Å². The molecule has 0 atom stereocenters. The number of methoxy groups -OCH3 is 1. The first-order valence-electron chi connectivity index (χ1n) is 5.35. The van der Waals surface area contributed by atoms with Crippen LogP contribution in [0, 0.1) is 0 Å². The van der Waals surface area contributed by atoms with Crippen molar-refractivity contribution < 1.29 is 9.53 Å². The standard InChI is InChI=1S/C11H16N2O2S2/c1-4-13(5-2)11(16)12-8-6-7-17-9(8)10(14)15-3/h6-7H,4-5H2,1-3H3,(H,12,16). The molecule has 94 valence electrons. The predicted molar refractivity (Wildman–Crippen MR) is 74.8 cm³/mol. The summed E-state index contributed by atoms with van der Waals surface area (Å²) in [5.74, 6) is -0.343. The van der Waals surface area contributed by atoms with Gasteiger partial charge in [0.2, 0.25) is 0 Å².